The van der Waals surface area contributed by atoms with Crippen molar-refractivity contribution >= 4 is 11.8 Å². The van der Waals surface area contributed by atoms with Crippen LogP contribution in [0.4, 0.5) is 0 Å². The lowest BCUT2D eigenvalue weighted by Gasteiger charge is -2.09. The molecule has 0 radical (unpaired) electrons. The Bertz CT molecular complexity index is 104. The molecule has 0 fully saturated rings. The zero-order chi connectivity index (χ0) is 9.94. The van der Waals surface area contributed by atoms with Crippen molar-refractivity contribution in [1.82, 2.24) is 5.32 Å². The molecule has 13 heavy (non-hydrogen) atoms. The molecule has 4 heteroatoms. The van der Waals surface area contributed by atoms with Crippen molar-refractivity contribution in [3.8, 4) is 0 Å². The van der Waals surface area contributed by atoms with E-state index >= 15 is 0 Å². The summed E-state index contributed by atoms with van der Waals surface area (Å²) in [6.07, 6.45) is 0.849. The average Bonchev–Trinajstić information content (AvgIpc) is 2.14. The maximum Gasteiger partial charge on any atom is 0.0754 e. The van der Waals surface area contributed by atoms with E-state index in [1.165, 1.54) is 0 Å². The Kier molecular flexibility index (Phi) is 10.5. The third kappa shape index (κ3) is 10.1. The summed E-state index contributed by atoms with van der Waals surface area (Å²) in [5.74, 6) is 1.88. The van der Waals surface area contributed by atoms with Gasteiger partial charge in [-0.2, -0.15) is 11.8 Å². The number of likely N-dealkylation sites (N-methyl/N-ethyl adjacent to an activating group) is 1. The molecule has 0 aliphatic rings. The quantitative estimate of drug-likeness (QED) is 0.547. The molecular weight excluding hydrogens is 186 g/mol. The van der Waals surface area contributed by atoms with Crippen LogP contribution < -0.4 is 5.32 Å². The van der Waals surface area contributed by atoms with Crippen LogP contribution in [0.5, 0.6) is 0 Å². The van der Waals surface area contributed by atoms with Crippen molar-refractivity contribution in [2.45, 2.75) is 19.4 Å². The standard InChI is InChI=1S/C9H21NO2S/c1-3-10-7-9(11)8-13-6-4-5-12-2/h9-11H,3-8H2,1-2H3. The van der Waals surface area contributed by atoms with Gasteiger partial charge in [0.2, 0.25) is 0 Å². The lowest BCUT2D eigenvalue weighted by Crippen LogP contribution is -2.28. The fourth-order valence-corrected chi connectivity index (χ4v) is 1.77. The van der Waals surface area contributed by atoms with Gasteiger partial charge in [-0.05, 0) is 18.7 Å². The van der Waals surface area contributed by atoms with Gasteiger partial charge in [0.25, 0.3) is 0 Å². The van der Waals surface area contributed by atoms with Gasteiger partial charge in [0.1, 0.15) is 0 Å². The summed E-state index contributed by atoms with van der Waals surface area (Å²) >= 11 is 1.78. The molecule has 80 valence electrons. The van der Waals surface area contributed by atoms with Gasteiger partial charge in [0, 0.05) is 26.0 Å². The molecule has 0 aliphatic carbocycles. The summed E-state index contributed by atoms with van der Waals surface area (Å²) in [5.41, 5.74) is 0. The number of hydrogen-bond donors (Lipinski definition) is 2. The molecule has 0 saturated heterocycles. The summed E-state index contributed by atoms with van der Waals surface area (Å²) < 4.78 is 4.93. The third-order valence-corrected chi connectivity index (χ3v) is 2.78. The summed E-state index contributed by atoms with van der Waals surface area (Å²) in [7, 11) is 1.71. The monoisotopic (exact) mass is 207 g/mol. The first-order valence-corrected chi connectivity index (χ1v) is 5.92. The predicted molar refractivity (Wildman–Crippen MR) is 58.4 cm³/mol. The van der Waals surface area contributed by atoms with E-state index in [0.29, 0.717) is 6.54 Å². The highest BCUT2D eigenvalue weighted by molar-refractivity contribution is 7.99. The van der Waals surface area contributed by atoms with Crippen LogP contribution >= 0.6 is 11.8 Å². The third-order valence-electron chi connectivity index (χ3n) is 1.58. The molecule has 0 bridgehead atoms. The Hall–Kier alpha value is 0.230. The van der Waals surface area contributed by atoms with Crippen molar-refractivity contribution < 1.29 is 9.84 Å². The summed E-state index contributed by atoms with van der Waals surface area (Å²) in [6, 6.07) is 0. The molecular formula is C9H21NO2S. The van der Waals surface area contributed by atoms with E-state index in [2.05, 4.69) is 5.32 Å². The Morgan fingerprint density at radius 2 is 2.31 bits per heavy atom. The lowest BCUT2D eigenvalue weighted by atomic mass is 10.4. The van der Waals surface area contributed by atoms with Gasteiger partial charge in [-0.3, -0.25) is 0 Å². The van der Waals surface area contributed by atoms with Gasteiger partial charge in [-0.15, -0.1) is 0 Å². The highest BCUT2D eigenvalue weighted by atomic mass is 32.2. The topological polar surface area (TPSA) is 41.5 Å². The summed E-state index contributed by atoms with van der Waals surface area (Å²) in [4.78, 5) is 0. The van der Waals surface area contributed by atoms with Crippen LogP contribution in [-0.2, 0) is 4.74 Å². The Morgan fingerprint density at radius 3 is 2.92 bits per heavy atom. The number of nitrogens with one attached hydrogen (secondary N) is 1. The maximum absolute atomic E-state index is 9.42. The van der Waals surface area contributed by atoms with Crippen molar-refractivity contribution in [3.63, 3.8) is 0 Å². The fourth-order valence-electron chi connectivity index (χ4n) is 0.895. The number of thioether (sulfide) groups is 1. The number of ether oxygens (including phenoxy) is 1. The normalized spacial score (nSPS) is 13.2. The van der Waals surface area contributed by atoms with E-state index in [1.807, 2.05) is 6.92 Å². The number of methoxy groups -OCH3 is 1. The van der Waals surface area contributed by atoms with Gasteiger partial charge in [0.15, 0.2) is 0 Å². The van der Waals surface area contributed by atoms with Crippen molar-refractivity contribution in [2.75, 3.05) is 38.3 Å². The zero-order valence-corrected chi connectivity index (χ0v) is 9.40. The van der Waals surface area contributed by atoms with Crippen LogP contribution in [0.25, 0.3) is 0 Å². The van der Waals surface area contributed by atoms with Crippen LogP contribution in [0.3, 0.4) is 0 Å². The largest absolute Gasteiger partial charge is 0.391 e. The molecule has 0 spiro atoms. The smallest absolute Gasteiger partial charge is 0.0754 e. The molecule has 3 nitrogen and oxygen atoms in total. The second-order valence-corrected chi connectivity index (χ2v) is 4.03. The molecule has 0 saturated carbocycles. The number of aliphatic hydroxyl groups is 1. The molecule has 1 unspecified atom stereocenters. The average molecular weight is 207 g/mol. The van der Waals surface area contributed by atoms with E-state index in [1.54, 1.807) is 18.9 Å². The first kappa shape index (κ1) is 13.2. The van der Waals surface area contributed by atoms with Crippen LogP contribution in [0.1, 0.15) is 13.3 Å². The SMILES string of the molecule is CCNCC(O)CSCCCOC. The first-order valence-electron chi connectivity index (χ1n) is 4.76. The lowest BCUT2D eigenvalue weighted by molar-refractivity contribution is 0.195. The molecule has 0 heterocycles. The Balaban J connectivity index is 3.03. The molecule has 0 amide bonds. The van der Waals surface area contributed by atoms with E-state index in [-0.39, 0.29) is 6.10 Å². The van der Waals surface area contributed by atoms with E-state index in [4.69, 9.17) is 4.74 Å². The molecule has 0 aromatic carbocycles. The number of rotatable bonds is 9. The van der Waals surface area contributed by atoms with Gasteiger partial charge in [-0.25, -0.2) is 0 Å². The predicted octanol–water partition coefficient (Wildman–Crippen LogP) is 0.726. The molecule has 0 aliphatic heterocycles. The molecule has 0 aromatic rings. The molecule has 0 rings (SSSR count). The van der Waals surface area contributed by atoms with Crippen LogP contribution in [0.2, 0.25) is 0 Å². The minimum Gasteiger partial charge on any atom is -0.391 e. The molecule has 1 atom stereocenters. The Labute approximate surface area is 85.2 Å². The minimum absolute atomic E-state index is 0.215. The second kappa shape index (κ2) is 10.3. The highest BCUT2D eigenvalue weighted by Gasteiger charge is 2.01. The molecule has 0 aromatic heterocycles. The maximum atomic E-state index is 9.42. The fraction of sp³-hybridized carbons (Fsp3) is 1.00. The van der Waals surface area contributed by atoms with Gasteiger partial charge in [0.05, 0.1) is 6.10 Å². The van der Waals surface area contributed by atoms with Gasteiger partial charge >= 0.3 is 0 Å². The van der Waals surface area contributed by atoms with Gasteiger partial charge in [-0.1, -0.05) is 6.92 Å². The Morgan fingerprint density at radius 1 is 1.54 bits per heavy atom. The highest BCUT2D eigenvalue weighted by Crippen LogP contribution is 2.04. The van der Waals surface area contributed by atoms with E-state index in [9.17, 15) is 5.11 Å². The zero-order valence-electron chi connectivity index (χ0n) is 8.58. The number of hydrogen-bond acceptors (Lipinski definition) is 4. The number of aliphatic hydroxyl groups excluding tert-OH is 1. The second-order valence-electron chi connectivity index (χ2n) is 2.88. The van der Waals surface area contributed by atoms with Crippen molar-refractivity contribution in [1.29, 1.82) is 0 Å². The van der Waals surface area contributed by atoms with Crippen molar-refractivity contribution in [2.24, 2.45) is 0 Å². The molecule has 2 N–H and O–H groups in total. The first-order chi connectivity index (χ1) is 6.31. The summed E-state index contributed by atoms with van der Waals surface area (Å²) in [5, 5.41) is 12.5. The van der Waals surface area contributed by atoms with E-state index < -0.39 is 0 Å². The van der Waals surface area contributed by atoms with Gasteiger partial charge < -0.3 is 15.2 Å². The van der Waals surface area contributed by atoms with Crippen LogP contribution in [-0.4, -0.2) is 49.5 Å². The summed E-state index contributed by atoms with van der Waals surface area (Å²) in [6.45, 7) is 4.48. The van der Waals surface area contributed by atoms with E-state index in [0.717, 1.165) is 31.1 Å². The van der Waals surface area contributed by atoms with Crippen LogP contribution in [0.15, 0.2) is 0 Å². The van der Waals surface area contributed by atoms with Crippen LogP contribution in [0, 0.1) is 0 Å². The minimum atomic E-state index is -0.215. The van der Waals surface area contributed by atoms with Crippen molar-refractivity contribution in [3.05, 3.63) is 0 Å².